The Labute approximate surface area is 142 Å². The molecule has 2 aromatic carbocycles. The summed E-state index contributed by atoms with van der Waals surface area (Å²) in [6.45, 7) is 1.41. The van der Waals surface area contributed by atoms with Crippen molar-refractivity contribution in [1.82, 2.24) is 4.90 Å². The predicted octanol–water partition coefficient (Wildman–Crippen LogP) is 3.07. The van der Waals surface area contributed by atoms with E-state index in [0.717, 1.165) is 24.0 Å². The molecule has 0 radical (unpaired) electrons. The predicted molar refractivity (Wildman–Crippen MR) is 92.3 cm³/mol. The zero-order valence-corrected chi connectivity index (χ0v) is 13.5. The number of hydrogen-bond donors (Lipinski definition) is 1. The van der Waals surface area contributed by atoms with Crippen molar-refractivity contribution in [1.29, 1.82) is 5.26 Å². The molecule has 4 nitrogen and oxygen atoms in total. The van der Waals surface area contributed by atoms with Gasteiger partial charge in [-0.1, -0.05) is 36.4 Å². The lowest BCUT2D eigenvalue weighted by Gasteiger charge is -2.32. The molecule has 2 aromatic rings. The Hall–Kier alpha value is -2.64. The van der Waals surface area contributed by atoms with E-state index < -0.39 is 0 Å². The third-order valence-electron chi connectivity index (χ3n) is 4.56. The summed E-state index contributed by atoms with van der Waals surface area (Å²) in [7, 11) is 0. The second-order valence-corrected chi connectivity index (χ2v) is 6.14. The highest BCUT2D eigenvalue weighted by atomic mass is 16.3. The van der Waals surface area contributed by atoms with Crippen LogP contribution in [0.25, 0.3) is 11.1 Å². The van der Waals surface area contributed by atoms with Crippen LogP contribution < -0.4 is 0 Å². The number of likely N-dealkylation sites (tertiary alicyclic amines) is 1. The molecule has 1 amide bonds. The third-order valence-corrected chi connectivity index (χ3v) is 4.56. The maximum absolute atomic E-state index is 13.0. The maximum Gasteiger partial charge on any atom is 0.254 e. The van der Waals surface area contributed by atoms with E-state index in [0.29, 0.717) is 24.2 Å². The molecular weight excluding hydrogens is 300 g/mol. The Morgan fingerprint density at radius 3 is 2.62 bits per heavy atom. The number of piperidine rings is 1. The van der Waals surface area contributed by atoms with Crippen LogP contribution in [0.15, 0.2) is 48.5 Å². The summed E-state index contributed by atoms with van der Waals surface area (Å²) in [5.74, 6) is 0.123. The first kappa shape index (κ1) is 16.2. The van der Waals surface area contributed by atoms with Gasteiger partial charge in [0.2, 0.25) is 0 Å². The highest BCUT2D eigenvalue weighted by Crippen LogP contribution is 2.28. The molecule has 1 N–H and O–H groups in total. The second kappa shape index (κ2) is 7.29. The van der Waals surface area contributed by atoms with Crippen molar-refractivity contribution in [3.63, 3.8) is 0 Å². The number of carbonyl (C=O) groups excluding carboxylic acids is 1. The van der Waals surface area contributed by atoms with Gasteiger partial charge in [0.05, 0.1) is 11.6 Å². The van der Waals surface area contributed by atoms with Gasteiger partial charge in [-0.15, -0.1) is 0 Å². The maximum atomic E-state index is 13.0. The average molecular weight is 320 g/mol. The molecule has 1 saturated heterocycles. The summed E-state index contributed by atoms with van der Waals surface area (Å²) in [4.78, 5) is 14.8. The van der Waals surface area contributed by atoms with Gasteiger partial charge in [-0.05, 0) is 36.5 Å². The molecule has 3 rings (SSSR count). The van der Waals surface area contributed by atoms with Crippen molar-refractivity contribution < 1.29 is 9.90 Å². The normalized spacial score (nSPS) is 17.3. The highest BCUT2D eigenvalue weighted by Gasteiger charge is 2.25. The van der Waals surface area contributed by atoms with Crippen molar-refractivity contribution in [3.05, 3.63) is 59.7 Å². The molecule has 1 fully saturated rings. The van der Waals surface area contributed by atoms with Crippen LogP contribution in [0.5, 0.6) is 0 Å². The van der Waals surface area contributed by atoms with Gasteiger partial charge in [-0.3, -0.25) is 4.79 Å². The van der Waals surface area contributed by atoms with Crippen molar-refractivity contribution in [2.45, 2.75) is 12.8 Å². The van der Waals surface area contributed by atoms with Gasteiger partial charge in [0, 0.05) is 30.8 Å². The fourth-order valence-electron chi connectivity index (χ4n) is 3.29. The van der Waals surface area contributed by atoms with Gasteiger partial charge in [0.25, 0.3) is 5.91 Å². The molecule has 1 aliphatic rings. The molecule has 0 bridgehead atoms. The monoisotopic (exact) mass is 320 g/mol. The van der Waals surface area contributed by atoms with Gasteiger partial charge in [0.1, 0.15) is 0 Å². The van der Waals surface area contributed by atoms with E-state index in [2.05, 4.69) is 6.07 Å². The topological polar surface area (TPSA) is 64.3 Å². The van der Waals surface area contributed by atoms with Crippen LogP contribution in [0, 0.1) is 17.2 Å². The minimum atomic E-state index is -0.0310. The van der Waals surface area contributed by atoms with Crippen molar-refractivity contribution >= 4 is 5.91 Å². The third kappa shape index (κ3) is 3.17. The first-order valence-corrected chi connectivity index (χ1v) is 8.23. The molecule has 0 aromatic heterocycles. The molecule has 0 spiro atoms. The van der Waals surface area contributed by atoms with E-state index >= 15 is 0 Å². The fourth-order valence-corrected chi connectivity index (χ4v) is 3.29. The quantitative estimate of drug-likeness (QED) is 0.945. The lowest BCUT2D eigenvalue weighted by molar-refractivity contribution is 0.0621. The Morgan fingerprint density at radius 1 is 1.17 bits per heavy atom. The largest absolute Gasteiger partial charge is 0.396 e. The van der Waals surface area contributed by atoms with E-state index in [9.17, 15) is 15.2 Å². The van der Waals surface area contributed by atoms with E-state index in [4.69, 9.17) is 0 Å². The Bertz CT molecular complexity index is 779. The number of amides is 1. The Morgan fingerprint density at radius 2 is 1.88 bits per heavy atom. The number of benzene rings is 2. The molecule has 122 valence electrons. The van der Waals surface area contributed by atoms with Gasteiger partial charge in [0.15, 0.2) is 0 Å². The van der Waals surface area contributed by atoms with Crippen LogP contribution in [0.2, 0.25) is 0 Å². The number of aliphatic hydroxyl groups excluding tert-OH is 1. The number of rotatable bonds is 3. The van der Waals surface area contributed by atoms with Crippen LogP contribution in [-0.2, 0) is 0 Å². The molecule has 1 unspecified atom stereocenters. The first-order valence-electron chi connectivity index (χ1n) is 8.23. The first-order chi connectivity index (χ1) is 11.7. The lowest BCUT2D eigenvalue weighted by atomic mass is 9.93. The summed E-state index contributed by atoms with van der Waals surface area (Å²) in [6.07, 6.45) is 1.87. The molecule has 4 heteroatoms. The molecule has 0 aliphatic carbocycles. The van der Waals surface area contributed by atoms with Crippen LogP contribution >= 0.6 is 0 Å². The standard InChI is InChI=1S/C20H20N2O2/c21-12-16-7-1-2-8-17(16)18-9-3-4-10-19(18)20(24)22-11-5-6-15(13-22)14-23/h1-4,7-10,15,23H,5-6,11,13-14H2. The second-order valence-electron chi connectivity index (χ2n) is 6.14. The van der Waals surface area contributed by atoms with E-state index in [1.165, 1.54) is 0 Å². The van der Waals surface area contributed by atoms with E-state index in [1.54, 1.807) is 6.07 Å². The SMILES string of the molecule is N#Cc1ccccc1-c1ccccc1C(=O)N1CCCC(CO)C1. The zero-order valence-electron chi connectivity index (χ0n) is 13.5. The van der Waals surface area contributed by atoms with E-state index in [-0.39, 0.29) is 18.4 Å². The molecule has 1 atom stereocenters. The summed E-state index contributed by atoms with van der Waals surface area (Å²) < 4.78 is 0. The molecule has 24 heavy (non-hydrogen) atoms. The number of aliphatic hydroxyl groups is 1. The van der Waals surface area contributed by atoms with Crippen molar-refractivity contribution in [2.24, 2.45) is 5.92 Å². The lowest BCUT2D eigenvalue weighted by Crippen LogP contribution is -2.41. The molecule has 1 aliphatic heterocycles. The minimum Gasteiger partial charge on any atom is -0.396 e. The number of nitrogens with zero attached hydrogens (tertiary/aromatic N) is 2. The van der Waals surface area contributed by atoms with Crippen molar-refractivity contribution in [3.8, 4) is 17.2 Å². The molecular formula is C20H20N2O2. The number of hydrogen-bond acceptors (Lipinski definition) is 3. The molecule has 1 heterocycles. The summed E-state index contributed by atoms with van der Waals surface area (Å²) in [5.41, 5.74) is 2.73. The van der Waals surface area contributed by atoms with Gasteiger partial charge in [-0.25, -0.2) is 0 Å². The van der Waals surface area contributed by atoms with Crippen molar-refractivity contribution in [2.75, 3.05) is 19.7 Å². The van der Waals surface area contributed by atoms with Crippen LogP contribution in [0.4, 0.5) is 0 Å². The molecule has 0 saturated carbocycles. The van der Waals surface area contributed by atoms with Gasteiger partial charge >= 0.3 is 0 Å². The number of carbonyl (C=O) groups is 1. The fraction of sp³-hybridized carbons (Fsp3) is 0.300. The minimum absolute atomic E-state index is 0.0310. The highest BCUT2D eigenvalue weighted by molar-refractivity contribution is 6.01. The van der Waals surface area contributed by atoms with Gasteiger partial charge < -0.3 is 10.0 Å². The van der Waals surface area contributed by atoms with Crippen LogP contribution in [0.3, 0.4) is 0 Å². The summed E-state index contributed by atoms with van der Waals surface area (Å²) in [5, 5.41) is 18.7. The van der Waals surface area contributed by atoms with Gasteiger partial charge in [-0.2, -0.15) is 5.26 Å². The van der Waals surface area contributed by atoms with Crippen LogP contribution in [-0.4, -0.2) is 35.6 Å². The zero-order chi connectivity index (χ0) is 16.9. The van der Waals surface area contributed by atoms with E-state index in [1.807, 2.05) is 47.4 Å². The Balaban J connectivity index is 1.98. The summed E-state index contributed by atoms with van der Waals surface area (Å²) in [6, 6.07) is 17.0. The number of nitriles is 1. The van der Waals surface area contributed by atoms with Crippen LogP contribution in [0.1, 0.15) is 28.8 Å². The average Bonchev–Trinajstić information content (AvgIpc) is 2.67. The summed E-state index contributed by atoms with van der Waals surface area (Å²) >= 11 is 0. The smallest absolute Gasteiger partial charge is 0.254 e. The Kier molecular flexibility index (Phi) is 4.93.